The first-order valence-corrected chi connectivity index (χ1v) is 5.66. The lowest BCUT2D eigenvalue weighted by atomic mass is 10.1. The second-order valence-corrected chi connectivity index (χ2v) is 3.95. The topological polar surface area (TPSA) is 12.4 Å². The average Bonchev–Trinajstić information content (AvgIpc) is 2.09. The van der Waals surface area contributed by atoms with Crippen LogP contribution in [0.1, 0.15) is 12.5 Å². The summed E-state index contributed by atoms with van der Waals surface area (Å²) in [5.41, 5.74) is 1.25. The molecule has 0 aliphatic rings. The summed E-state index contributed by atoms with van der Waals surface area (Å²) in [5, 5.41) is 0. The Morgan fingerprint density at radius 3 is 2.85 bits per heavy atom. The van der Waals surface area contributed by atoms with E-state index in [4.69, 9.17) is 0 Å². The Hall–Kier alpha value is -0.350. The minimum absolute atomic E-state index is 0.237. The van der Waals surface area contributed by atoms with Crippen LogP contribution in [0.15, 0.2) is 27.1 Å². The lowest BCUT2D eigenvalue weighted by molar-refractivity contribution is 0.625. The lowest BCUT2D eigenvalue weighted by Gasteiger charge is -2.02. The maximum atomic E-state index is 13.2. The minimum atomic E-state index is -0.237. The van der Waals surface area contributed by atoms with Gasteiger partial charge in [-0.3, -0.25) is 0 Å². The van der Waals surface area contributed by atoms with Crippen LogP contribution in [0.2, 0.25) is 0 Å². The summed E-state index contributed by atoms with van der Waals surface area (Å²) in [6.45, 7) is 1.79. The molecule has 0 heterocycles. The first-order valence-electron chi connectivity index (χ1n) is 3.68. The van der Waals surface area contributed by atoms with Gasteiger partial charge in [-0.15, -0.1) is 0 Å². The number of nitrogens with zero attached hydrogens (tertiary/aromatic N) is 1. The molecule has 0 aromatic heterocycles. The highest BCUT2D eigenvalue weighted by atomic mass is 79.9. The monoisotopic (exact) mass is 261 g/mol. The third kappa shape index (κ3) is 2.81. The van der Waals surface area contributed by atoms with Crippen molar-refractivity contribution in [3.8, 4) is 0 Å². The standard InChI is InChI=1S/C9H9BrFNS/c1-6(12-13-2)8-5-7(10)3-4-9(8)11/h3-5H,1-2H3/b12-6+. The smallest absolute Gasteiger partial charge is 0.132 e. The zero-order chi connectivity index (χ0) is 9.84. The molecule has 0 atom stereocenters. The van der Waals surface area contributed by atoms with Gasteiger partial charge in [-0.05, 0) is 37.1 Å². The predicted octanol–water partition coefficient (Wildman–Crippen LogP) is 3.68. The zero-order valence-corrected chi connectivity index (χ0v) is 9.75. The van der Waals surface area contributed by atoms with Crippen molar-refractivity contribution in [3.63, 3.8) is 0 Å². The van der Waals surface area contributed by atoms with Crippen LogP contribution >= 0.6 is 27.9 Å². The van der Waals surface area contributed by atoms with Crippen molar-refractivity contribution >= 4 is 33.6 Å². The van der Waals surface area contributed by atoms with E-state index in [1.807, 2.05) is 6.26 Å². The number of rotatable bonds is 2. The minimum Gasteiger partial charge on any atom is -0.221 e. The first kappa shape index (κ1) is 10.7. The molecule has 0 radical (unpaired) electrons. The van der Waals surface area contributed by atoms with Crippen LogP contribution in [0, 0.1) is 5.82 Å². The normalized spacial score (nSPS) is 11.8. The average molecular weight is 262 g/mol. The number of hydrogen-bond donors (Lipinski definition) is 0. The Labute approximate surface area is 89.7 Å². The Balaban J connectivity index is 3.13. The molecule has 4 heteroatoms. The van der Waals surface area contributed by atoms with Gasteiger partial charge in [0.2, 0.25) is 0 Å². The molecule has 0 saturated heterocycles. The summed E-state index contributed by atoms with van der Waals surface area (Å²) in [7, 11) is 0. The summed E-state index contributed by atoms with van der Waals surface area (Å²) in [4.78, 5) is 0. The number of halogens is 2. The maximum Gasteiger partial charge on any atom is 0.132 e. The SMILES string of the molecule is CS/N=C(\C)c1cc(Br)ccc1F. The molecule has 0 N–H and O–H groups in total. The fourth-order valence-corrected chi connectivity index (χ4v) is 1.69. The summed E-state index contributed by atoms with van der Waals surface area (Å²) in [6, 6.07) is 4.83. The molecule has 13 heavy (non-hydrogen) atoms. The fraction of sp³-hybridized carbons (Fsp3) is 0.222. The van der Waals surface area contributed by atoms with Crippen molar-refractivity contribution in [3.05, 3.63) is 34.1 Å². The van der Waals surface area contributed by atoms with Gasteiger partial charge < -0.3 is 0 Å². The van der Waals surface area contributed by atoms with E-state index in [-0.39, 0.29) is 5.82 Å². The summed E-state index contributed by atoms with van der Waals surface area (Å²) in [5.74, 6) is -0.237. The van der Waals surface area contributed by atoms with Gasteiger partial charge in [0, 0.05) is 16.3 Å². The van der Waals surface area contributed by atoms with Crippen LogP contribution in [0.3, 0.4) is 0 Å². The third-order valence-corrected chi connectivity index (χ3v) is 2.50. The lowest BCUT2D eigenvalue weighted by Crippen LogP contribution is -1.97. The van der Waals surface area contributed by atoms with Gasteiger partial charge in [0.15, 0.2) is 0 Å². The van der Waals surface area contributed by atoms with E-state index in [9.17, 15) is 4.39 Å². The molecule has 0 spiro atoms. The molecule has 1 aromatic carbocycles. The molecule has 0 unspecified atom stereocenters. The highest BCUT2D eigenvalue weighted by Crippen LogP contribution is 2.17. The van der Waals surface area contributed by atoms with Crippen LogP contribution in [-0.2, 0) is 0 Å². The van der Waals surface area contributed by atoms with Crippen molar-refractivity contribution in [2.45, 2.75) is 6.92 Å². The third-order valence-electron chi connectivity index (χ3n) is 1.55. The van der Waals surface area contributed by atoms with E-state index in [1.165, 1.54) is 18.0 Å². The van der Waals surface area contributed by atoms with Crippen molar-refractivity contribution in [1.82, 2.24) is 0 Å². The van der Waals surface area contributed by atoms with Crippen molar-refractivity contribution in [2.75, 3.05) is 6.26 Å². The van der Waals surface area contributed by atoms with Gasteiger partial charge in [-0.1, -0.05) is 15.9 Å². The number of hydrogen-bond acceptors (Lipinski definition) is 2. The second kappa shape index (κ2) is 4.77. The van der Waals surface area contributed by atoms with Crippen molar-refractivity contribution in [1.29, 1.82) is 0 Å². The van der Waals surface area contributed by atoms with Crippen LogP contribution in [0.25, 0.3) is 0 Å². The van der Waals surface area contributed by atoms with E-state index >= 15 is 0 Å². The van der Waals surface area contributed by atoms with Gasteiger partial charge in [0.25, 0.3) is 0 Å². The van der Waals surface area contributed by atoms with Gasteiger partial charge >= 0.3 is 0 Å². The Bertz CT molecular complexity index is 338. The van der Waals surface area contributed by atoms with E-state index in [2.05, 4.69) is 20.3 Å². The molecular weight excluding hydrogens is 253 g/mol. The van der Waals surface area contributed by atoms with Crippen molar-refractivity contribution < 1.29 is 4.39 Å². The van der Waals surface area contributed by atoms with Gasteiger partial charge in [0.1, 0.15) is 5.82 Å². The quantitative estimate of drug-likeness (QED) is 0.585. The summed E-state index contributed by atoms with van der Waals surface area (Å²) < 4.78 is 18.2. The molecule has 0 bridgehead atoms. The Morgan fingerprint density at radius 1 is 1.54 bits per heavy atom. The highest BCUT2D eigenvalue weighted by molar-refractivity contribution is 9.10. The largest absolute Gasteiger partial charge is 0.221 e. The van der Waals surface area contributed by atoms with E-state index in [0.29, 0.717) is 11.3 Å². The van der Waals surface area contributed by atoms with Crippen LogP contribution in [0.5, 0.6) is 0 Å². The predicted molar refractivity (Wildman–Crippen MR) is 59.8 cm³/mol. The van der Waals surface area contributed by atoms with E-state index in [1.54, 1.807) is 19.1 Å². The number of benzene rings is 1. The molecule has 0 saturated carbocycles. The molecule has 0 amide bonds. The summed E-state index contributed by atoms with van der Waals surface area (Å²) in [6.07, 6.45) is 1.85. The molecule has 1 nitrogen and oxygen atoms in total. The van der Waals surface area contributed by atoms with Gasteiger partial charge in [0.05, 0.1) is 5.71 Å². The van der Waals surface area contributed by atoms with Crippen LogP contribution < -0.4 is 0 Å². The molecular formula is C9H9BrFNS. The van der Waals surface area contributed by atoms with Gasteiger partial charge in [-0.25, -0.2) is 8.79 Å². The van der Waals surface area contributed by atoms with Crippen molar-refractivity contribution in [2.24, 2.45) is 4.40 Å². The van der Waals surface area contributed by atoms with E-state index < -0.39 is 0 Å². The molecule has 0 fully saturated rings. The second-order valence-electron chi connectivity index (χ2n) is 2.48. The van der Waals surface area contributed by atoms with E-state index in [0.717, 1.165) is 4.47 Å². The summed E-state index contributed by atoms with van der Waals surface area (Å²) >= 11 is 4.61. The van der Waals surface area contributed by atoms with Gasteiger partial charge in [-0.2, -0.15) is 0 Å². The molecule has 0 aliphatic carbocycles. The Morgan fingerprint density at radius 2 is 2.23 bits per heavy atom. The fourth-order valence-electron chi connectivity index (χ4n) is 0.961. The Kier molecular flexibility index (Phi) is 3.93. The zero-order valence-electron chi connectivity index (χ0n) is 7.34. The highest BCUT2D eigenvalue weighted by Gasteiger charge is 2.05. The molecule has 0 aliphatic heterocycles. The van der Waals surface area contributed by atoms with Crippen LogP contribution in [-0.4, -0.2) is 12.0 Å². The molecule has 1 rings (SSSR count). The maximum absolute atomic E-state index is 13.2. The molecule has 70 valence electrons. The van der Waals surface area contributed by atoms with Crippen LogP contribution in [0.4, 0.5) is 4.39 Å². The first-order chi connectivity index (χ1) is 6.15. The molecule has 1 aromatic rings.